The van der Waals surface area contributed by atoms with Crippen LogP contribution in [0, 0.1) is 18.8 Å². The number of aryl methyl sites for hydroxylation is 1. The second-order valence-electron chi connectivity index (χ2n) is 10.6. The monoisotopic (exact) mass is 516 g/mol. The molecule has 2 aromatic heterocycles. The van der Waals surface area contributed by atoms with Crippen LogP contribution < -0.4 is 5.73 Å². The molecule has 2 N–H and O–H groups in total. The largest absolute Gasteiger partial charge is 0.382 e. The Kier molecular flexibility index (Phi) is 10.2. The highest BCUT2D eigenvalue weighted by Gasteiger charge is 2.20. The maximum Gasteiger partial charge on any atom is 0.151 e. The predicted molar refractivity (Wildman–Crippen MR) is 156 cm³/mol. The number of fused-ring (bicyclic) bond motifs is 1. The molecule has 1 saturated heterocycles. The van der Waals surface area contributed by atoms with Gasteiger partial charge in [0.05, 0.1) is 12.2 Å². The number of anilines is 1. The molecule has 0 saturated carbocycles. The summed E-state index contributed by atoms with van der Waals surface area (Å²) in [6, 6.07) is 10.8. The van der Waals surface area contributed by atoms with Gasteiger partial charge in [-0.3, -0.25) is 4.90 Å². The van der Waals surface area contributed by atoms with Crippen molar-refractivity contribution in [2.45, 2.75) is 79.2 Å². The first-order valence-electron chi connectivity index (χ1n) is 14.2. The minimum Gasteiger partial charge on any atom is -0.382 e. The van der Waals surface area contributed by atoms with Gasteiger partial charge in [0.25, 0.3) is 0 Å². The Bertz CT molecular complexity index is 1230. The molecule has 7 heteroatoms. The summed E-state index contributed by atoms with van der Waals surface area (Å²) in [4.78, 5) is 14.7. The summed E-state index contributed by atoms with van der Waals surface area (Å²) in [6.07, 6.45) is 4.89. The average molecular weight is 517 g/mol. The number of aromatic nitrogens is 3. The second kappa shape index (κ2) is 13.7. The van der Waals surface area contributed by atoms with Crippen LogP contribution in [0.15, 0.2) is 30.3 Å². The third-order valence-electron chi connectivity index (χ3n) is 7.44. The Labute approximate surface area is 228 Å². The fraction of sp³-hybridized carbons (Fsp3) is 0.548. The molecule has 0 aliphatic carbocycles. The number of rotatable bonds is 11. The summed E-state index contributed by atoms with van der Waals surface area (Å²) >= 11 is 0. The molecular weight excluding hydrogens is 472 g/mol. The van der Waals surface area contributed by atoms with Crippen molar-refractivity contribution >= 4 is 16.9 Å². The normalized spacial score (nSPS) is 14.8. The molecule has 38 heavy (non-hydrogen) atoms. The molecule has 1 fully saturated rings. The molecule has 1 aromatic carbocycles. The van der Waals surface area contributed by atoms with Gasteiger partial charge in [0.15, 0.2) is 5.82 Å². The number of ether oxygens (including phenoxy) is 1. The maximum atomic E-state index is 6.50. The van der Waals surface area contributed by atoms with Crippen LogP contribution in [0.25, 0.3) is 11.0 Å². The fourth-order valence-corrected chi connectivity index (χ4v) is 5.07. The highest BCUT2D eigenvalue weighted by Crippen LogP contribution is 2.28. The number of unbranched alkanes of at least 4 members (excludes halogenated alkanes) is 2. The van der Waals surface area contributed by atoms with Gasteiger partial charge in [0.1, 0.15) is 23.6 Å². The van der Waals surface area contributed by atoms with Gasteiger partial charge in [0, 0.05) is 50.8 Å². The quantitative estimate of drug-likeness (QED) is 0.286. The summed E-state index contributed by atoms with van der Waals surface area (Å²) in [6.45, 7) is 15.5. The van der Waals surface area contributed by atoms with E-state index in [9.17, 15) is 0 Å². The summed E-state index contributed by atoms with van der Waals surface area (Å²) in [7, 11) is 0. The SMILES string of the molecule is CCCCc1nc(N)c2c(n1)c(C#CCCCN1CCN(C(C)C)CC1)c(C)n2COCc1ccccc1. The van der Waals surface area contributed by atoms with Crippen molar-refractivity contribution in [1.82, 2.24) is 24.3 Å². The number of nitrogens with zero attached hydrogens (tertiary/aromatic N) is 5. The zero-order valence-corrected chi connectivity index (χ0v) is 23.7. The van der Waals surface area contributed by atoms with E-state index in [2.05, 4.69) is 71.0 Å². The van der Waals surface area contributed by atoms with Crippen molar-refractivity contribution in [2.75, 3.05) is 38.5 Å². The molecule has 0 unspecified atom stereocenters. The van der Waals surface area contributed by atoms with Crippen LogP contribution in [0.3, 0.4) is 0 Å². The van der Waals surface area contributed by atoms with E-state index < -0.39 is 0 Å². The first kappa shape index (κ1) is 28.1. The lowest BCUT2D eigenvalue weighted by Gasteiger charge is -2.36. The molecule has 0 amide bonds. The first-order valence-corrected chi connectivity index (χ1v) is 14.2. The molecule has 0 bridgehead atoms. The van der Waals surface area contributed by atoms with Crippen LogP contribution in [0.4, 0.5) is 5.82 Å². The van der Waals surface area contributed by atoms with Gasteiger partial charge in [-0.1, -0.05) is 55.5 Å². The molecule has 0 spiro atoms. The molecular formula is C31H44N6O. The minimum atomic E-state index is 0.378. The number of nitrogen functional groups attached to an aromatic ring is 1. The van der Waals surface area contributed by atoms with Gasteiger partial charge in [-0.2, -0.15) is 0 Å². The van der Waals surface area contributed by atoms with Crippen LogP contribution in [-0.4, -0.2) is 63.1 Å². The van der Waals surface area contributed by atoms with Crippen molar-refractivity contribution < 1.29 is 4.74 Å². The van der Waals surface area contributed by atoms with Crippen LogP contribution in [-0.2, 0) is 24.5 Å². The lowest BCUT2D eigenvalue weighted by molar-refractivity contribution is 0.0657. The third kappa shape index (κ3) is 7.13. The summed E-state index contributed by atoms with van der Waals surface area (Å²) in [5, 5.41) is 0. The van der Waals surface area contributed by atoms with Crippen molar-refractivity contribution in [3.05, 3.63) is 53.0 Å². The molecule has 204 valence electrons. The van der Waals surface area contributed by atoms with Crippen molar-refractivity contribution in [2.24, 2.45) is 0 Å². The molecule has 4 rings (SSSR count). The summed E-state index contributed by atoms with van der Waals surface area (Å²) in [5.74, 6) is 8.19. The Hall–Kier alpha value is -2.92. The molecule has 1 aliphatic heterocycles. The molecule has 7 nitrogen and oxygen atoms in total. The van der Waals surface area contributed by atoms with E-state index in [-0.39, 0.29) is 0 Å². The van der Waals surface area contributed by atoms with E-state index >= 15 is 0 Å². The number of piperazine rings is 1. The van der Waals surface area contributed by atoms with E-state index in [4.69, 9.17) is 15.5 Å². The molecule has 3 heterocycles. The third-order valence-corrected chi connectivity index (χ3v) is 7.44. The Morgan fingerprint density at radius 2 is 1.82 bits per heavy atom. The fourth-order valence-electron chi connectivity index (χ4n) is 5.07. The van der Waals surface area contributed by atoms with E-state index in [0.29, 0.717) is 25.2 Å². The van der Waals surface area contributed by atoms with Gasteiger partial charge in [-0.15, -0.1) is 0 Å². The Morgan fingerprint density at radius 1 is 1.05 bits per heavy atom. The molecule has 0 atom stereocenters. The molecule has 1 aliphatic rings. The topological polar surface area (TPSA) is 72.4 Å². The van der Waals surface area contributed by atoms with Gasteiger partial charge >= 0.3 is 0 Å². The zero-order valence-electron chi connectivity index (χ0n) is 23.7. The average Bonchev–Trinajstić information content (AvgIpc) is 3.19. The van der Waals surface area contributed by atoms with Crippen LogP contribution in [0.5, 0.6) is 0 Å². The summed E-state index contributed by atoms with van der Waals surface area (Å²) in [5.41, 5.74) is 11.3. The molecule has 3 aromatic rings. The van der Waals surface area contributed by atoms with Crippen LogP contribution in [0.2, 0.25) is 0 Å². The van der Waals surface area contributed by atoms with Crippen LogP contribution >= 0.6 is 0 Å². The zero-order chi connectivity index (χ0) is 26.9. The first-order chi connectivity index (χ1) is 18.5. The Morgan fingerprint density at radius 3 is 2.53 bits per heavy atom. The Balaban J connectivity index is 1.47. The van der Waals surface area contributed by atoms with E-state index in [1.165, 1.54) is 0 Å². The van der Waals surface area contributed by atoms with Crippen LogP contribution in [0.1, 0.15) is 69.1 Å². The number of nitrogens with two attached hydrogens (primary N) is 1. The van der Waals surface area contributed by atoms with E-state index in [1.54, 1.807) is 0 Å². The van der Waals surface area contributed by atoms with Gasteiger partial charge < -0.3 is 19.9 Å². The number of hydrogen-bond donors (Lipinski definition) is 1. The van der Waals surface area contributed by atoms with Crippen molar-refractivity contribution in [3.8, 4) is 11.8 Å². The van der Waals surface area contributed by atoms with Gasteiger partial charge in [0.2, 0.25) is 0 Å². The number of benzene rings is 1. The van der Waals surface area contributed by atoms with Crippen molar-refractivity contribution in [3.63, 3.8) is 0 Å². The van der Waals surface area contributed by atoms with E-state index in [1.807, 2.05) is 18.2 Å². The van der Waals surface area contributed by atoms with E-state index in [0.717, 1.165) is 98.5 Å². The standard InChI is InChI=1S/C31H44N6O/c1-5-6-16-28-33-29-27(15-11-8-12-17-35-18-20-36(21-19-35)24(2)3)25(4)37(30(29)31(32)34-28)23-38-22-26-13-9-7-10-14-26/h7,9-10,13-14,24H,5-6,8,12,16-23H2,1-4H3,(H2,32,33,34). The van der Waals surface area contributed by atoms with Gasteiger partial charge in [-0.25, -0.2) is 9.97 Å². The predicted octanol–water partition coefficient (Wildman–Crippen LogP) is 5.00. The lowest BCUT2D eigenvalue weighted by Crippen LogP contribution is -2.48. The second-order valence-corrected chi connectivity index (χ2v) is 10.6. The maximum absolute atomic E-state index is 6.50. The van der Waals surface area contributed by atoms with Gasteiger partial charge in [-0.05, 0) is 45.7 Å². The lowest BCUT2D eigenvalue weighted by atomic mass is 10.2. The highest BCUT2D eigenvalue weighted by atomic mass is 16.5. The summed E-state index contributed by atoms with van der Waals surface area (Å²) < 4.78 is 8.16. The highest BCUT2D eigenvalue weighted by molar-refractivity contribution is 5.91. The molecule has 0 radical (unpaired) electrons. The number of hydrogen-bond acceptors (Lipinski definition) is 6. The minimum absolute atomic E-state index is 0.378. The smallest absolute Gasteiger partial charge is 0.151 e. The van der Waals surface area contributed by atoms with Crippen molar-refractivity contribution in [1.29, 1.82) is 0 Å².